The zero-order valence-electron chi connectivity index (χ0n) is 16.2. The number of rotatable bonds is 7. The number of benzene rings is 1. The molecule has 0 saturated carbocycles. The first-order valence-corrected chi connectivity index (χ1v) is 9.21. The average molecular weight is 383 g/mol. The van der Waals surface area contributed by atoms with Gasteiger partial charge in [-0.25, -0.2) is 4.98 Å². The maximum atomic E-state index is 12.2. The van der Waals surface area contributed by atoms with Crippen molar-refractivity contribution in [3.8, 4) is 11.5 Å². The first kappa shape index (κ1) is 19.7. The predicted molar refractivity (Wildman–Crippen MR) is 109 cm³/mol. The van der Waals surface area contributed by atoms with Crippen LogP contribution in [0.2, 0.25) is 0 Å². The Bertz CT molecular complexity index is 815. The molecule has 1 amide bonds. The molecule has 7 nitrogen and oxygen atoms in total. The molecule has 0 atom stereocenters. The second kappa shape index (κ2) is 9.75. The van der Waals surface area contributed by atoms with E-state index in [0.717, 1.165) is 24.5 Å². The van der Waals surface area contributed by atoms with Gasteiger partial charge in [0.25, 0.3) is 5.91 Å². The molecule has 1 saturated heterocycles. The molecule has 0 aliphatic carbocycles. The van der Waals surface area contributed by atoms with E-state index in [-0.39, 0.29) is 12.5 Å². The highest BCUT2D eigenvalue weighted by atomic mass is 16.5. The number of anilines is 2. The zero-order valence-corrected chi connectivity index (χ0v) is 16.2. The molecular weight excluding hydrogens is 358 g/mol. The van der Waals surface area contributed by atoms with Crippen molar-refractivity contribution in [2.75, 3.05) is 50.2 Å². The molecule has 0 spiro atoms. The van der Waals surface area contributed by atoms with Crippen molar-refractivity contribution in [1.82, 2.24) is 4.98 Å². The number of morpholine rings is 1. The number of ether oxygens (including phenoxy) is 3. The van der Waals surface area contributed by atoms with Crippen LogP contribution in [-0.4, -0.2) is 50.9 Å². The molecule has 2 heterocycles. The minimum atomic E-state index is -0.263. The summed E-state index contributed by atoms with van der Waals surface area (Å²) in [6.45, 7) is 4.88. The van der Waals surface area contributed by atoms with E-state index in [0.29, 0.717) is 30.4 Å². The van der Waals surface area contributed by atoms with Crippen LogP contribution in [-0.2, 0) is 9.53 Å². The molecule has 148 valence electrons. The van der Waals surface area contributed by atoms with Crippen LogP contribution in [0.5, 0.6) is 11.5 Å². The smallest absolute Gasteiger partial charge is 0.262 e. The quantitative estimate of drug-likeness (QED) is 0.792. The van der Waals surface area contributed by atoms with Gasteiger partial charge in [-0.1, -0.05) is 18.2 Å². The third-order valence-electron chi connectivity index (χ3n) is 4.27. The van der Waals surface area contributed by atoms with E-state index in [1.54, 1.807) is 19.4 Å². The van der Waals surface area contributed by atoms with Gasteiger partial charge < -0.3 is 24.4 Å². The Morgan fingerprint density at radius 2 is 2.07 bits per heavy atom. The molecule has 28 heavy (non-hydrogen) atoms. The molecule has 7 heteroatoms. The van der Waals surface area contributed by atoms with Crippen LogP contribution >= 0.6 is 0 Å². The lowest BCUT2D eigenvalue weighted by Gasteiger charge is -2.27. The standard InChI is InChI=1S/C21H25N3O4/c1-3-4-16-5-7-18(19(13-16)26-2)28-15-21(25)23-17-6-8-20(22-14-17)24-9-11-27-12-10-24/h3-8,13-14H,9-12,15H2,1-2H3,(H,23,25)/b4-3+. The van der Waals surface area contributed by atoms with Gasteiger partial charge in [-0.3, -0.25) is 4.79 Å². The number of aromatic nitrogens is 1. The van der Waals surface area contributed by atoms with Crippen LogP contribution in [0.4, 0.5) is 11.5 Å². The van der Waals surface area contributed by atoms with Crippen LogP contribution in [0, 0.1) is 0 Å². The number of carbonyl (C=O) groups is 1. The number of pyridine rings is 1. The van der Waals surface area contributed by atoms with Gasteiger partial charge in [0.05, 0.1) is 32.2 Å². The number of allylic oxidation sites excluding steroid dienone is 1. The molecule has 2 aromatic rings. The average Bonchev–Trinajstić information content (AvgIpc) is 2.74. The Labute approximate surface area is 164 Å². The Kier molecular flexibility index (Phi) is 6.86. The Morgan fingerprint density at radius 1 is 1.25 bits per heavy atom. The maximum Gasteiger partial charge on any atom is 0.262 e. The molecule has 1 fully saturated rings. The van der Waals surface area contributed by atoms with Crippen LogP contribution in [0.25, 0.3) is 6.08 Å². The number of nitrogens with one attached hydrogen (secondary N) is 1. The molecule has 0 radical (unpaired) electrons. The van der Waals surface area contributed by atoms with Gasteiger partial charge in [0.2, 0.25) is 0 Å². The van der Waals surface area contributed by atoms with Crippen molar-refractivity contribution in [2.45, 2.75) is 6.92 Å². The second-order valence-electron chi connectivity index (χ2n) is 6.25. The summed E-state index contributed by atoms with van der Waals surface area (Å²) in [5, 5.41) is 2.79. The fourth-order valence-corrected chi connectivity index (χ4v) is 2.88. The highest BCUT2D eigenvalue weighted by molar-refractivity contribution is 5.91. The summed E-state index contributed by atoms with van der Waals surface area (Å²) in [7, 11) is 1.57. The van der Waals surface area contributed by atoms with Crippen LogP contribution in [0.3, 0.4) is 0 Å². The van der Waals surface area contributed by atoms with Crippen molar-refractivity contribution in [3.05, 3.63) is 48.2 Å². The fourth-order valence-electron chi connectivity index (χ4n) is 2.88. The lowest BCUT2D eigenvalue weighted by Crippen LogP contribution is -2.36. The molecule has 1 aliphatic heterocycles. The van der Waals surface area contributed by atoms with Crippen molar-refractivity contribution in [3.63, 3.8) is 0 Å². The minimum Gasteiger partial charge on any atom is -0.493 e. The summed E-state index contributed by atoms with van der Waals surface area (Å²) >= 11 is 0. The zero-order chi connectivity index (χ0) is 19.8. The Balaban J connectivity index is 1.54. The lowest BCUT2D eigenvalue weighted by atomic mass is 10.2. The number of carbonyl (C=O) groups excluding carboxylic acids is 1. The molecule has 0 bridgehead atoms. The highest BCUT2D eigenvalue weighted by Crippen LogP contribution is 2.28. The number of nitrogens with zero attached hydrogens (tertiary/aromatic N) is 2. The van der Waals surface area contributed by atoms with Gasteiger partial charge in [0, 0.05) is 13.1 Å². The van der Waals surface area contributed by atoms with Gasteiger partial charge in [-0.05, 0) is 36.8 Å². The number of hydrogen-bond acceptors (Lipinski definition) is 6. The Morgan fingerprint density at radius 3 is 2.75 bits per heavy atom. The molecule has 1 aromatic heterocycles. The number of hydrogen-bond donors (Lipinski definition) is 1. The molecule has 3 rings (SSSR count). The number of amides is 1. The normalized spacial score (nSPS) is 14.1. The largest absolute Gasteiger partial charge is 0.493 e. The van der Waals surface area contributed by atoms with E-state index >= 15 is 0 Å². The molecule has 1 aromatic carbocycles. The van der Waals surface area contributed by atoms with E-state index in [2.05, 4.69) is 15.2 Å². The third-order valence-corrected chi connectivity index (χ3v) is 4.27. The molecule has 0 unspecified atom stereocenters. The monoisotopic (exact) mass is 383 g/mol. The molecule has 1 aliphatic rings. The van der Waals surface area contributed by atoms with Crippen molar-refractivity contribution < 1.29 is 19.0 Å². The van der Waals surface area contributed by atoms with Gasteiger partial charge in [-0.2, -0.15) is 0 Å². The van der Waals surface area contributed by atoms with Crippen molar-refractivity contribution >= 4 is 23.5 Å². The third kappa shape index (κ3) is 5.23. The molecule has 1 N–H and O–H groups in total. The minimum absolute atomic E-state index is 0.120. The summed E-state index contributed by atoms with van der Waals surface area (Å²) in [6.07, 6.45) is 5.56. The summed E-state index contributed by atoms with van der Waals surface area (Å²) in [4.78, 5) is 18.8. The van der Waals surface area contributed by atoms with Gasteiger partial charge in [0.15, 0.2) is 18.1 Å². The second-order valence-corrected chi connectivity index (χ2v) is 6.25. The van der Waals surface area contributed by atoms with Gasteiger partial charge in [0.1, 0.15) is 5.82 Å². The van der Waals surface area contributed by atoms with Crippen LogP contribution in [0.1, 0.15) is 12.5 Å². The maximum absolute atomic E-state index is 12.2. The first-order valence-electron chi connectivity index (χ1n) is 9.21. The van der Waals surface area contributed by atoms with E-state index < -0.39 is 0 Å². The van der Waals surface area contributed by atoms with Gasteiger partial charge in [-0.15, -0.1) is 0 Å². The molecular formula is C21H25N3O4. The summed E-state index contributed by atoms with van der Waals surface area (Å²) in [5.74, 6) is 1.72. The topological polar surface area (TPSA) is 72.9 Å². The lowest BCUT2D eigenvalue weighted by molar-refractivity contribution is -0.118. The summed E-state index contributed by atoms with van der Waals surface area (Å²) in [6, 6.07) is 9.29. The predicted octanol–water partition coefficient (Wildman–Crippen LogP) is 2.98. The van der Waals surface area contributed by atoms with E-state index in [9.17, 15) is 4.79 Å². The summed E-state index contributed by atoms with van der Waals surface area (Å²) in [5.41, 5.74) is 1.63. The SMILES string of the molecule is C/C=C/c1ccc(OCC(=O)Nc2ccc(N3CCOCC3)nc2)c(OC)c1. The van der Waals surface area contributed by atoms with E-state index in [1.165, 1.54) is 0 Å². The number of methoxy groups -OCH3 is 1. The van der Waals surface area contributed by atoms with Crippen molar-refractivity contribution in [2.24, 2.45) is 0 Å². The van der Waals surface area contributed by atoms with Gasteiger partial charge >= 0.3 is 0 Å². The van der Waals surface area contributed by atoms with Crippen molar-refractivity contribution in [1.29, 1.82) is 0 Å². The summed E-state index contributed by atoms with van der Waals surface area (Å²) < 4.78 is 16.3. The Hall–Kier alpha value is -3.06. The fraction of sp³-hybridized carbons (Fsp3) is 0.333. The van der Waals surface area contributed by atoms with Crippen LogP contribution in [0.15, 0.2) is 42.6 Å². The first-order chi connectivity index (χ1) is 13.7. The van der Waals surface area contributed by atoms with E-state index in [1.807, 2.05) is 43.3 Å². The van der Waals surface area contributed by atoms with E-state index in [4.69, 9.17) is 14.2 Å². The highest BCUT2D eigenvalue weighted by Gasteiger charge is 2.13. The van der Waals surface area contributed by atoms with Crippen LogP contribution < -0.4 is 19.7 Å².